The van der Waals surface area contributed by atoms with Gasteiger partial charge in [-0.25, -0.2) is 19.6 Å². The molecule has 0 aliphatic carbocycles. The Morgan fingerprint density at radius 1 is 1.03 bits per heavy atom. The Morgan fingerprint density at radius 2 is 1.83 bits per heavy atom. The molecule has 1 saturated heterocycles. The van der Waals surface area contributed by atoms with Crippen LogP contribution in [0.2, 0.25) is 0 Å². The molecule has 1 aromatic carbocycles. The summed E-state index contributed by atoms with van der Waals surface area (Å²) in [7, 11) is 0. The maximum absolute atomic E-state index is 12.8. The van der Waals surface area contributed by atoms with E-state index in [-0.39, 0.29) is 5.91 Å². The van der Waals surface area contributed by atoms with E-state index in [0.717, 1.165) is 35.8 Å². The molecule has 9 nitrogen and oxygen atoms in total. The first-order valence-corrected chi connectivity index (χ1v) is 9.96. The van der Waals surface area contributed by atoms with Crippen LogP contribution in [0.3, 0.4) is 0 Å². The maximum Gasteiger partial charge on any atom is 0.242 e. The lowest BCUT2D eigenvalue weighted by Gasteiger charge is -2.35. The van der Waals surface area contributed by atoms with Gasteiger partial charge in [-0.2, -0.15) is 5.10 Å². The summed E-state index contributed by atoms with van der Waals surface area (Å²) in [5.41, 5.74) is 1.88. The minimum atomic E-state index is 0.105. The second kappa shape index (κ2) is 7.58. The lowest BCUT2D eigenvalue weighted by Crippen LogP contribution is -2.49. The van der Waals surface area contributed by atoms with Gasteiger partial charge in [-0.3, -0.25) is 4.79 Å². The molecule has 152 valence electrons. The van der Waals surface area contributed by atoms with Crippen molar-refractivity contribution in [2.75, 3.05) is 31.1 Å². The fourth-order valence-electron chi connectivity index (χ4n) is 3.79. The summed E-state index contributed by atoms with van der Waals surface area (Å²) in [5, 5.41) is 4.25. The van der Waals surface area contributed by atoms with Crippen molar-refractivity contribution in [2.24, 2.45) is 0 Å². The van der Waals surface area contributed by atoms with Crippen LogP contribution in [0, 0.1) is 6.92 Å². The molecule has 30 heavy (non-hydrogen) atoms. The summed E-state index contributed by atoms with van der Waals surface area (Å²) in [4.78, 5) is 30.4. The SMILES string of the molecule is Cc1nc(N2CCN(C(=O)Cn3cnc4ccccc43)CC2)cc(-n2cccn2)n1. The third kappa shape index (κ3) is 3.49. The van der Waals surface area contributed by atoms with Crippen molar-refractivity contribution in [2.45, 2.75) is 13.5 Å². The van der Waals surface area contributed by atoms with Gasteiger partial charge >= 0.3 is 0 Å². The first-order valence-electron chi connectivity index (χ1n) is 9.96. The van der Waals surface area contributed by atoms with Gasteiger partial charge in [0.25, 0.3) is 0 Å². The molecule has 0 radical (unpaired) electrons. The van der Waals surface area contributed by atoms with Crippen molar-refractivity contribution < 1.29 is 4.79 Å². The highest BCUT2D eigenvalue weighted by molar-refractivity contribution is 5.80. The number of imidazole rings is 1. The van der Waals surface area contributed by atoms with E-state index in [0.29, 0.717) is 25.5 Å². The predicted octanol–water partition coefficient (Wildman–Crippen LogP) is 1.67. The van der Waals surface area contributed by atoms with Crippen LogP contribution in [0.4, 0.5) is 5.82 Å². The predicted molar refractivity (Wildman–Crippen MR) is 112 cm³/mol. The second-order valence-electron chi connectivity index (χ2n) is 7.31. The van der Waals surface area contributed by atoms with Crippen LogP contribution in [0.15, 0.2) is 55.1 Å². The number of rotatable bonds is 4. The Balaban J connectivity index is 1.26. The molecule has 1 aliphatic rings. The van der Waals surface area contributed by atoms with Crippen LogP contribution in [-0.2, 0) is 11.3 Å². The molecule has 3 aromatic heterocycles. The molecule has 0 saturated carbocycles. The number of carbonyl (C=O) groups excluding carboxylic acids is 1. The van der Waals surface area contributed by atoms with Gasteiger partial charge in [0.1, 0.15) is 18.2 Å². The number of anilines is 1. The third-order valence-electron chi connectivity index (χ3n) is 5.34. The Morgan fingerprint density at radius 3 is 2.63 bits per heavy atom. The number of hydrogen-bond acceptors (Lipinski definition) is 6. The molecular weight excluding hydrogens is 380 g/mol. The van der Waals surface area contributed by atoms with E-state index in [1.807, 2.05) is 59.0 Å². The van der Waals surface area contributed by atoms with Gasteiger partial charge in [0.15, 0.2) is 5.82 Å². The summed E-state index contributed by atoms with van der Waals surface area (Å²) in [6.07, 6.45) is 5.33. The Bertz CT molecular complexity index is 1170. The molecular formula is C21H22N8O. The summed E-state index contributed by atoms with van der Waals surface area (Å²) in [6, 6.07) is 11.7. The first kappa shape index (κ1) is 18.3. The smallest absolute Gasteiger partial charge is 0.242 e. The van der Waals surface area contributed by atoms with Gasteiger partial charge in [-0.15, -0.1) is 0 Å². The van der Waals surface area contributed by atoms with E-state index in [1.165, 1.54) is 0 Å². The number of carbonyl (C=O) groups is 1. The van der Waals surface area contributed by atoms with E-state index in [2.05, 4.69) is 25.0 Å². The van der Waals surface area contributed by atoms with Crippen molar-refractivity contribution in [1.29, 1.82) is 0 Å². The van der Waals surface area contributed by atoms with Gasteiger partial charge in [-0.05, 0) is 25.1 Å². The zero-order valence-corrected chi connectivity index (χ0v) is 16.7. The van der Waals surface area contributed by atoms with Crippen LogP contribution in [0.1, 0.15) is 5.82 Å². The van der Waals surface area contributed by atoms with Crippen molar-refractivity contribution in [3.8, 4) is 5.82 Å². The van der Waals surface area contributed by atoms with E-state index in [4.69, 9.17) is 0 Å². The standard InChI is InChI=1S/C21H22N8O/c1-16-24-19(13-20(25-16)29-8-4-7-23-29)26-9-11-27(12-10-26)21(30)14-28-15-22-17-5-2-3-6-18(17)28/h2-8,13,15H,9-12,14H2,1H3. The van der Waals surface area contributed by atoms with Crippen LogP contribution in [-0.4, -0.2) is 66.3 Å². The quantitative estimate of drug-likeness (QED) is 0.516. The minimum absolute atomic E-state index is 0.105. The van der Waals surface area contributed by atoms with Crippen LogP contribution in [0.25, 0.3) is 16.9 Å². The van der Waals surface area contributed by atoms with Gasteiger partial charge < -0.3 is 14.4 Å². The van der Waals surface area contributed by atoms with Crippen molar-refractivity contribution in [3.05, 3.63) is 60.9 Å². The number of hydrogen-bond donors (Lipinski definition) is 0. The van der Waals surface area contributed by atoms with E-state index in [1.54, 1.807) is 17.2 Å². The Labute approximate surface area is 173 Å². The highest BCUT2D eigenvalue weighted by Gasteiger charge is 2.23. The summed E-state index contributed by atoms with van der Waals surface area (Å²) >= 11 is 0. The average molecular weight is 402 g/mol. The lowest BCUT2D eigenvalue weighted by molar-refractivity contribution is -0.132. The molecule has 1 aliphatic heterocycles. The number of aryl methyl sites for hydroxylation is 1. The number of aromatic nitrogens is 6. The van der Waals surface area contributed by atoms with E-state index in [9.17, 15) is 4.79 Å². The molecule has 4 heterocycles. The highest BCUT2D eigenvalue weighted by Crippen LogP contribution is 2.18. The number of fused-ring (bicyclic) bond motifs is 1. The summed E-state index contributed by atoms with van der Waals surface area (Å²) in [5.74, 6) is 2.41. The zero-order valence-electron chi connectivity index (χ0n) is 16.7. The topological polar surface area (TPSA) is 85.0 Å². The molecule has 5 rings (SSSR count). The largest absolute Gasteiger partial charge is 0.353 e. The number of amides is 1. The number of benzene rings is 1. The van der Waals surface area contributed by atoms with Gasteiger partial charge in [0.05, 0.1) is 17.4 Å². The fraction of sp³-hybridized carbons (Fsp3) is 0.286. The molecule has 0 spiro atoms. The average Bonchev–Trinajstić information content (AvgIpc) is 3.44. The molecule has 1 fully saturated rings. The van der Waals surface area contributed by atoms with E-state index >= 15 is 0 Å². The van der Waals surface area contributed by atoms with Gasteiger partial charge in [0, 0.05) is 44.6 Å². The van der Waals surface area contributed by atoms with Crippen molar-refractivity contribution in [1.82, 2.24) is 34.2 Å². The third-order valence-corrected chi connectivity index (χ3v) is 5.34. The van der Waals surface area contributed by atoms with Gasteiger partial charge in [-0.1, -0.05) is 12.1 Å². The van der Waals surface area contributed by atoms with E-state index < -0.39 is 0 Å². The molecule has 0 bridgehead atoms. The summed E-state index contributed by atoms with van der Waals surface area (Å²) < 4.78 is 3.64. The maximum atomic E-state index is 12.8. The highest BCUT2D eigenvalue weighted by atomic mass is 16.2. The second-order valence-corrected chi connectivity index (χ2v) is 7.31. The van der Waals surface area contributed by atoms with Crippen LogP contribution >= 0.6 is 0 Å². The lowest BCUT2D eigenvalue weighted by atomic mass is 10.3. The number of para-hydroxylation sites is 2. The number of nitrogens with zero attached hydrogens (tertiary/aromatic N) is 8. The van der Waals surface area contributed by atoms with Crippen molar-refractivity contribution >= 4 is 22.8 Å². The summed E-state index contributed by atoms with van der Waals surface area (Å²) in [6.45, 7) is 4.95. The Kier molecular flexibility index (Phi) is 4.62. The Hall–Kier alpha value is -3.75. The number of piperazine rings is 1. The molecule has 4 aromatic rings. The monoisotopic (exact) mass is 402 g/mol. The van der Waals surface area contributed by atoms with Crippen molar-refractivity contribution in [3.63, 3.8) is 0 Å². The first-order chi connectivity index (χ1) is 14.7. The molecule has 1 amide bonds. The molecule has 0 unspecified atom stereocenters. The molecule has 0 N–H and O–H groups in total. The normalized spacial score (nSPS) is 14.4. The van der Waals surface area contributed by atoms with Crippen LogP contribution < -0.4 is 4.90 Å². The van der Waals surface area contributed by atoms with Crippen LogP contribution in [0.5, 0.6) is 0 Å². The zero-order chi connectivity index (χ0) is 20.5. The fourth-order valence-corrected chi connectivity index (χ4v) is 3.79. The molecule has 0 atom stereocenters. The minimum Gasteiger partial charge on any atom is -0.353 e. The molecule has 9 heteroatoms. The van der Waals surface area contributed by atoms with Gasteiger partial charge in [0.2, 0.25) is 5.91 Å².